The summed E-state index contributed by atoms with van der Waals surface area (Å²) in [6, 6.07) is 13.7. The SMILES string of the molecule is CC(C(=O)O)c1c2n(c3ncccc13)C[C@H](N(C)C(=O)[C@H](C)c1ccccc1)CC2. The second-order valence-corrected chi connectivity index (χ2v) is 8.18. The number of fused-ring (bicyclic) bond motifs is 3. The second-order valence-electron chi connectivity index (χ2n) is 8.18. The highest BCUT2D eigenvalue weighted by Gasteiger charge is 2.33. The molecule has 4 rings (SSSR count). The number of rotatable bonds is 5. The maximum atomic E-state index is 13.1. The van der Waals surface area contributed by atoms with Crippen molar-refractivity contribution in [3.05, 3.63) is 65.5 Å². The summed E-state index contributed by atoms with van der Waals surface area (Å²) in [6.45, 7) is 4.30. The molecule has 6 nitrogen and oxygen atoms in total. The molecule has 6 heteroatoms. The lowest BCUT2D eigenvalue weighted by atomic mass is 9.93. The molecule has 3 atom stereocenters. The summed E-state index contributed by atoms with van der Waals surface area (Å²) >= 11 is 0. The van der Waals surface area contributed by atoms with Crippen LogP contribution in [-0.4, -0.2) is 44.5 Å². The van der Waals surface area contributed by atoms with Crippen molar-refractivity contribution in [3.8, 4) is 0 Å². The summed E-state index contributed by atoms with van der Waals surface area (Å²) in [5, 5.41) is 10.5. The number of amides is 1. The first kappa shape index (κ1) is 20.1. The fourth-order valence-corrected chi connectivity index (χ4v) is 4.62. The minimum Gasteiger partial charge on any atom is -0.481 e. The van der Waals surface area contributed by atoms with Crippen LogP contribution < -0.4 is 0 Å². The van der Waals surface area contributed by atoms with Gasteiger partial charge >= 0.3 is 5.97 Å². The summed E-state index contributed by atoms with van der Waals surface area (Å²) in [7, 11) is 1.87. The molecule has 1 aromatic carbocycles. The summed E-state index contributed by atoms with van der Waals surface area (Å²) in [6.07, 6.45) is 3.27. The Balaban J connectivity index is 1.64. The van der Waals surface area contributed by atoms with Gasteiger partial charge in [-0.2, -0.15) is 0 Å². The Morgan fingerprint density at radius 2 is 1.87 bits per heavy atom. The van der Waals surface area contributed by atoms with E-state index in [-0.39, 0.29) is 17.9 Å². The topological polar surface area (TPSA) is 75.4 Å². The zero-order chi connectivity index (χ0) is 21.4. The van der Waals surface area contributed by atoms with E-state index in [1.807, 2.05) is 61.3 Å². The van der Waals surface area contributed by atoms with E-state index in [1.54, 1.807) is 13.1 Å². The third-order valence-electron chi connectivity index (χ3n) is 6.45. The predicted molar refractivity (Wildman–Crippen MR) is 116 cm³/mol. The van der Waals surface area contributed by atoms with Crippen molar-refractivity contribution in [3.63, 3.8) is 0 Å². The number of aromatic nitrogens is 2. The van der Waals surface area contributed by atoms with Crippen LogP contribution >= 0.6 is 0 Å². The molecule has 0 bridgehead atoms. The Morgan fingerprint density at radius 3 is 2.57 bits per heavy atom. The van der Waals surface area contributed by atoms with Crippen LogP contribution in [0.15, 0.2) is 48.7 Å². The number of carboxylic acid groups (broad SMARTS) is 1. The molecular weight excluding hydrogens is 378 g/mol. The van der Waals surface area contributed by atoms with Gasteiger partial charge in [-0.25, -0.2) is 4.98 Å². The van der Waals surface area contributed by atoms with Gasteiger partial charge in [0.25, 0.3) is 0 Å². The number of benzene rings is 1. The Hall–Kier alpha value is -3.15. The molecule has 0 saturated heterocycles. The first-order chi connectivity index (χ1) is 14.4. The number of hydrogen-bond donors (Lipinski definition) is 1. The van der Waals surface area contributed by atoms with Crippen LogP contribution in [0.4, 0.5) is 0 Å². The van der Waals surface area contributed by atoms with Crippen LogP contribution in [0.2, 0.25) is 0 Å². The zero-order valence-corrected chi connectivity index (χ0v) is 17.6. The second kappa shape index (κ2) is 7.94. The first-order valence-corrected chi connectivity index (χ1v) is 10.4. The van der Waals surface area contributed by atoms with Gasteiger partial charge in [0.05, 0.1) is 11.8 Å². The van der Waals surface area contributed by atoms with Crippen molar-refractivity contribution in [2.45, 2.75) is 51.1 Å². The molecular formula is C24H27N3O3. The minimum atomic E-state index is -0.833. The van der Waals surface area contributed by atoms with Gasteiger partial charge < -0.3 is 14.6 Å². The Bertz CT molecular complexity index is 1090. The molecule has 156 valence electrons. The molecule has 0 fully saturated rings. The van der Waals surface area contributed by atoms with Crippen molar-refractivity contribution < 1.29 is 14.7 Å². The summed E-state index contributed by atoms with van der Waals surface area (Å²) in [5.74, 6) is -1.54. The molecule has 0 saturated carbocycles. The van der Waals surface area contributed by atoms with Crippen LogP contribution in [0.1, 0.15) is 48.9 Å². The molecule has 2 aromatic heterocycles. The van der Waals surface area contributed by atoms with Crippen molar-refractivity contribution in [1.82, 2.24) is 14.5 Å². The molecule has 1 unspecified atom stereocenters. The van der Waals surface area contributed by atoms with Crippen LogP contribution in [0.3, 0.4) is 0 Å². The molecule has 1 aliphatic heterocycles. The van der Waals surface area contributed by atoms with E-state index in [0.29, 0.717) is 6.54 Å². The lowest BCUT2D eigenvalue weighted by Gasteiger charge is -2.34. The lowest BCUT2D eigenvalue weighted by molar-refractivity contribution is -0.138. The van der Waals surface area contributed by atoms with Crippen molar-refractivity contribution in [2.75, 3.05) is 7.05 Å². The zero-order valence-electron chi connectivity index (χ0n) is 17.6. The van der Waals surface area contributed by atoms with E-state index in [4.69, 9.17) is 0 Å². The number of carboxylic acids is 1. The monoisotopic (exact) mass is 405 g/mol. The highest BCUT2D eigenvalue weighted by atomic mass is 16.4. The number of likely N-dealkylation sites (N-methyl/N-ethyl adjacent to an activating group) is 1. The number of carbonyl (C=O) groups is 2. The van der Waals surface area contributed by atoms with E-state index in [1.165, 1.54) is 0 Å². The number of aliphatic carboxylic acids is 1. The van der Waals surface area contributed by atoms with Gasteiger partial charge in [-0.1, -0.05) is 30.3 Å². The molecule has 3 heterocycles. The van der Waals surface area contributed by atoms with Gasteiger partial charge in [0.1, 0.15) is 5.65 Å². The first-order valence-electron chi connectivity index (χ1n) is 10.4. The van der Waals surface area contributed by atoms with Crippen LogP contribution in [0.25, 0.3) is 11.0 Å². The standard InChI is InChI=1S/C24H27N3O3/c1-15(17-8-5-4-6-9-17)23(28)26(3)18-11-12-20-21(16(2)24(29)30)19-10-7-13-25-22(19)27(20)14-18/h4-10,13,15-16,18H,11-12,14H2,1-3H3,(H,29,30)/t15-,16?,18-/m1/s1. The highest BCUT2D eigenvalue weighted by molar-refractivity contribution is 5.89. The summed E-state index contributed by atoms with van der Waals surface area (Å²) < 4.78 is 2.12. The number of hydrogen-bond acceptors (Lipinski definition) is 3. The Labute approximate surface area is 176 Å². The summed E-state index contributed by atoms with van der Waals surface area (Å²) in [5.41, 5.74) is 3.70. The molecule has 0 aliphatic carbocycles. The fourth-order valence-electron chi connectivity index (χ4n) is 4.62. The molecule has 0 spiro atoms. The van der Waals surface area contributed by atoms with Crippen molar-refractivity contribution >= 4 is 22.9 Å². The fraction of sp³-hybridized carbons (Fsp3) is 0.375. The van der Waals surface area contributed by atoms with Gasteiger partial charge in [0.2, 0.25) is 5.91 Å². The maximum absolute atomic E-state index is 13.1. The summed E-state index contributed by atoms with van der Waals surface area (Å²) in [4.78, 5) is 31.3. The molecule has 3 aromatic rings. The molecule has 30 heavy (non-hydrogen) atoms. The van der Waals surface area contributed by atoms with E-state index in [9.17, 15) is 14.7 Å². The van der Waals surface area contributed by atoms with Crippen LogP contribution in [-0.2, 0) is 22.6 Å². The Kier molecular flexibility index (Phi) is 5.33. The van der Waals surface area contributed by atoms with E-state index in [0.717, 1.165) is 40.7 Å². The van der Waals surface area contributed by atoms with Crippen LogP contribution in [0, 0.1) is 0 Å². The average Bonchev–Trinajstić information content (AvgIpc) is 3.11. The van der Waals surface area contributed by atoms with E-state index < -0.39 is 11.9 Å². The quantitative estimate of drug-likeness (QED) is 0.701. The molecule has 1 aliphatic rings. The smallest absolute Gasteiger partial charge is 0.310 e. The average molecular weight is 405 g/mol. The highest BCUT2D eigenvalue weighted by Crippen LogP contribution is 2.35. The third-order valence-corrected chi connectivity index (χ3v) is 6.45. The molecule has 0 radical (unpaired) electrons. The van der Waals surface area contributed by atoms with Crippen molar-refractivity contribution in [2.24, 2.45) is 0 Å². The molecule has 1 amide bonds. The van der Waals surface area contributed by atoms with Gasteiger partial charge in [-0.15, -0.1) is 0 Å². The largest absolute Gasteiger partial charge is 0.481 e. The molecule has 1 N–H and O–H groups in total. The normalized spacial score (nSPS) is 17.9. The van der Waals surface area contributed by atoms with Gasteiger partial charge in [0.15, 0.2) is 0 Å². The number of nitrogens with zero attached hydrogens (tertiary/aromatic N) is 3. The number of carbonyl (C=O) groups excluding carboxylic acids is 1. The van der Waals surface area contributed by atoms with Crippen molar-refractivity contribution in [1.29, 1.82) is 0 Å². The Morgan fingerprint density at radius 1 is 1.13 bits per heavy atom. The maximum Gasteiger partial charge on any atom is 0.310 e. The van der Waals surface area contributed by atoms with E-state index >= 15 is 0 Å². The van der Waals surface area contributed by atoms with Gasteiger partial charge in [-0.3, -0.25) is 9.59 Å². The predicted octanol–water partition coefficient (Wildman–Crippen LogP) is 3.80. The minimum absolute atomic E-state index is 0.0433. The third kappa shape index (κ3) is 3.36. The lowest BCUT2D eigenvalue weighted by Crippen LogP contribution is -2.44. The van der Waals surface area contributed by atoms with E-state index in [2.05, 4.69) is 9.55 Å². The van der Waals surface area contributed by atoms with Gasteiger partial charge in [-0.05, 0) is 49.9 Å². The van der Waals surface area contributed by atoms with Gasteiger partial charge in [0, 0.05) is 36.9 Å². The number of pyridine rings is 1. The van der Waals surface area contributed by atoms with Crippen LogP contribution in [0.5, 0.6) is 0 Å².